The molecule has 0 radical (unpaired) electrons. The van der Waals surface area contributed by atoms with Gasteiger partial charge in [-0.2, -0.15) is 0 Å². The van der Waals surface area contributed by atoms with Crippen LogP contribution in [-0.4, -0.2) is 44.2 Å². The van der Waals surface area contributed by atoms with Gasteiger partial charge in [-0.25, -0.2) is 19.7 Å². The fourth-order valence-electron chi connectivity index (χ4n) is 4.47. The minimum Gasteiger partial charge on any atom is -0.491 e. The predicted octanol–water partition coefficient (Wildman–Crippen LogP) is 4.58. The van der Waals surface area contributed by atoms with E-state index in [4.69, 9.17) is 4.74 Å². The van der Waals surface area contributed by atoms with Crippen molar-refractivity contribution in [2.45, 2.75) is 13.5 Å². The largest absolute Gasteiger partial charge is 0.491 e. The van der Waals surface area contributed by atoms with Gasteiger partial charge in [-0.3, -0.25) is 0 Å². The molecule has 0 unspecified atom stereocenters. The molecule has 0 fully saturated rings. The zero-order chi connectivity index (χ0) is 23.2. The molecule has 8 nitrogen and oxygen atoms in total. The zero-order valence-corrected chi connectivity index (χ0v) is 18.4. The molecule has 5 aromatic rings. The standard InChI is InChI=1S/C26H21N5O3/c1-15-27-21-8-6-17(13-22(21)28-15)16-7-9-23-18(12-16)14-31(10-11-34-23)25-19-4-2-3-5-20(19)29-24(30-25)26(32)33/h2-9,12-13H,10-11,14H2,1H3,(H,27,28)(H,32,33). The maximum absolute atomic E-state index is 11.7. The summed E-state index contributed by atoms with van der Waals surface area (Å²) < 4.78 is 6.04. The van der Waals surface area contributed by atoms with Crippen molar-refractivity contribution >= 4 is 33.7 Å². The Morgan fingerprint density at radius 3 is 2.71 bits per heavy atom. The number of aryl methyl sites for hydroxylation is 1. The fraction of sp³-hybridized carbons (Fsp3) is 0.154. The number of carbonyl (C=O) groups is 1. The molecule has 0 spiro atoms. The summed E-state index contributed by atoms with van der Waals surface area (Å²) in [5.74, 6) is 0.942. The van der Waals surface area contributed by atoms with Crippen molar-refractivity contribution in [3.05, 3.63) is 77.9 Å². The highest BCUT2D eigenvalue weighted by atomic mass is 16.5. The Balaban J connectivity index is 1.42. The van der Waals surface area contributed by atoms with Crippen molar-refractivity contribution in [2.24, 2.45) is 0 Å². The first-order chi connectivity index (χ1) is 16.5. The van der Waals surface area contributed by atoms with E-state index in [1.54, 1.807) is 6.07 Å². The zero-order valence-electron chi connectivity index (χ0n) is 18.4. The van der Waals surface area contributed by atoms with Crippen molar-refractivity contribution in [1.82, 2.24) is 19.9 Å². The molecule has 0 saturated carbocycles. The first-order valence-corrected chi connectivity index (χ1v) is 11.0. The molecule has 3 heterocycles. The van der Waals surface area contributed by atoms with E-state index in [-0.39, 0.29) is 5.82 Å². The minimum atomic E-state index is -1.15. The Kier molecular flexibility index (Phi) is 4.65. The molecule has 0 saturated heterocycles. The van der Waals surface area contributed by atoms with Crippen LogP contribution in [0, 0.1) is 6.92 Å². The van der Waals surface area contributed by atoms with Gasteiger partial charge in [0.15, 0.2) is 0 Å². The summed E-state index contributed by atoms with van der Waals surface area (Å²) in [4.78, 5) is 30.1. The Bertz CT molecular complexity index is 1580. The summed E-state index contributed by atoms with van der Waals surface area (Å²) in [7, 11) is 0. The van der Waals surface area contributed by atoms with Crippen molar-refractivity contribution in [3.63, 3.8) is 0 Å². The summed E-state index contributed by atoms with van der Waals surface area (Å²) in [5.41, 5.74) is 5.70. The monoisotopic (exact) mass is 451 g/mol. The maximum Gasteiger partial charge on any atom is 0.374 e. The fourth-order valence-corrected chi connectivity index (χ4v) is 4.47. The summed E-state index contributed by atoms with van der Waals surface area (Å²) in [6, 6.07) is 19.8. The van der Waals surface area contributed by atoms with Crippen LogP contribution in [0.5, 0.6) is 5.75 Å². The van der Waals surface area contributed by atoms with Crippen LogP contribution in [0.2, 0.25) is 0 Å². The highest BCUT2D eigenvalue weighted by Gasteiger charge is 2.22. The van der Waals surface area contributed by atoms with E-state index in [0.717, 1.165) is 44.7 Å². The number of hydrogen-bond donors (Lipinski definition) is 2. The average Bonchev–Trinajstić information content (AvgIpc) is 3.09. The Labute approximate surface area is 194 Å². The molecule has 2 aromatic heterocycles. The topological polar surface area (TPSA) is 104 Å². The number of ether oxygens (including phenoxy) is 1. The molecule has 1 aliphatic rings. The van der Waals surface area contributed by atoms with Crippen LogP contribution in [0.15, 0.2) is 60.7 Å². The molecule has 34 heavy (non-hydrogen) atoms. The Morgan fingerprint density at radius 1 is 1.00 bits per heavy atom. The maximum atomic E-state index is 11.7. The van der Waals surface area contributed by atoms with Gasteiger partial charge in [-0.05, 0) is 54.4 Å². The van der Waals surface area contributed by atoms with Gasteiger partial charge in [0.25, 0.3) is 0 Å². The number of carboxylic acids is 1. The second-order valence-corrected chi connectivity index (χ2v) is 8.34. The minimum absolute atomic E-state index is 0.212. The number of anilines is 1. The van der Waals surface area contributed by atoms with Gasteiger partial charge >= 0.3 is 5.97 Å². The van der Waals surface area contributed by atoms with E-state index in [1.165, 1.54) is 0 Å². The molecule has 6 rings (SSSR count). The highest BCUT2D eigenvalue weighted by molar-refractivity contribution is 5.94. The molecular weight excluding hydrogens is 430 g/mol. The third-order valence-electron chi connectivity index (χ3n) is 6.05. The highest BCUT2D eigenvalue weighted by Crippen LogP contribution is 2.33. The van der Waals surface area contributed by atoms with Crippen LogP contribution >= 0.6 is 0 Å². The van der Waals surface area contributed by atoms with E-state index in [9.17, 15) is 9.90 Å². The smallest absolute Gasteiger partial charge is 0.374 e. The number of imidazole rings is 1. The van der Waals surface area contributed by atoms with Crippen molar-refractivity contribution in [3.8, 4) is 16.9 Å². The van der Waals surface area contributed by atoms with Crippen LogP contribution in [0.25, 0.3) is 33.1 Å². The SMILES string of the molecule is Cc1nc2ccc(-c3ccc4c(c3)CN(c3nc(C(=O)O)nc5ccccc35)CCO4)cc2[nH]1. The number of carboxylic acid groups (broad SMARTS) is 1. The quantitative estimate of drug-likeness (QED) is 0.414. The Morgan fingerprint density at radius 2 is 1.82 bits per heavy atom. The molecule has 0 bridgehead atoms. The van der Waals surface area contributed by atoms with Crippen molar-refractivity contribution < 1.29 is 14.6 Å². The van der Waals surface area contributed by atoms with E-state index in [2.05, 4.69) is 49.1 Å². The summed E-state index contributed by atoms with van der Waals surface area (Å²) >= 11 is 0. The van der Waals surface area contributed by atoms with E-state index in [1.807, 2.05) is 37.3 Å². The van der Waals surface area contributed by atoms with Gasteiger partial charge in [-0.1, -0.05) is 24.3 Å². The number of fused-ring (bicyclic) bond motifs is 3. The van der Waals surface area contributed by atoms with E-state index >= 15 is 0 Å². The number of H-pyrrole nitrogens is 1. The van der Waals surface area contributed by atoms with E-state index in [0.29, 0.717) is 31.0 Å². The molecule has 1 aliphatic heterocycles. The number of rotatable bonds is 3. The van der Waals surface area contributed by atoms with Crippen molar-refractivity contribution in [2.75, 3.05) is 18.1 Å². The van der Waals surface area contributed by atoms with Crippen LogP contribution < -0.4 is 9.64 Å². The van der Waals surface area contributed by atoms with Crippen LogP contribution in [-0.2, 0) is 6.54 Å². The molecule has 2 N–H and O–H groups in total. The van der Waals surface area contributed by atoms with Crippen molar-refractivity contribution in [1.29, 1.82) is 0 Å². The van der Waals surface area contributed by atoms with Gasteiger partial charge in [0, 0.05) is 17.5 Å². The summed E-state index contributed by atoms with van der Waals surface area (Å²) in [6.07, 6.45) is 0. The molecule has 8 heteroatoms. The first-order valence-electron chi connectivity index (χ1n) is 11.0. The molecule has 0 amide bonds. The number of para-hydroxylation sites is 1. The predicted molar refractivity (Wildman–Crippen MR) is 129 cm³/mol. The lowest BCUT2D eigenvalue weighted by atomic mass is 10.0. The van der Waals surface area contributed by atoms with Gasteiger partial charge < -0.3 is 19.7 Å². The third-order valence-corrected chi connectivity index (χ3v) is 6.05. The number of aromatic nitrogens is 4. The second-order valence-electron chi connectivity index (χ2n) is 8.34. The molecule has 168 valence electrons. The lowest BCUT2D eigenvalue weighted by Crippen LogP contribution is -2.27. The number of nitrogens with one attached hydrogen (secondary N) is 1. The first kappa shape index (κ1) is 20.2. The van der Waals surface area contributed by atoms with Gasteiger partial charge in [0.05, 0.1) is 23.1 Å². The number of benzene rings is 3. The lowest BCUT2D eigenvalue weighted by Gasteiger charge is -2.23. The van der Waals surface area contributed by atoms with Crippen LogP contribution in [0.1, 0.15) is 22.0 Å². The normalized spacial score (nSPS) is 13.5. The molecular formula is C26H21N5O3. The number of hydrogen-bond acceptors (Lipinski definition) is 6. The Hall–Kier alpha value is -4.46. The summed E-state index contributed by atoms with van der Waals surface area (Å²) in [5, 5.41) is 10.4. The van der Waals surface area contributed by atoms with Crippen LogP contribution in [0.3, 0.4) is 0 Å². The average molecular weight is 451 g/mol. The number of nitrogens with zero attached hydrogens (tertiary/aromatic N) is 4. The summed E-state index contributed by atoms with van der Waals surface area (Å²) in [6.45, 7) is 3.52. The van der Waals surface area contributed by atoms with Crippen LogP contribution in [0.4, 0.5) is 5.82 Å². The van der Waals surface area contributed by atoms with Gasteiger partial charge in [0.1, 0.15) is 24.0 Å². The third kappa shape index (κ3) is 3.49. The molecule has 0 atom stereocenters. The number of aromatic carboxylic acids is 1. The lowest BCUT2D eigenvalue weighted by molar-refractivity contribution is 0.0684. The molecule has 3 aromatic carbocycles. The van der Waals surface area contributed by atoms with Gasteiger partial charge in [-0.15, -0.1) is 0 Å². The van der Waals surface area contributed by atoms with Gasteiger partial charge in [0.2, 0.25) is 5.82 Å². The van der Waals surface area contributed by atoms with E-state index < -0.39 is 5.97 Å². The molecule has 0 aliphatic carbocycles. The number of aromatic amines is 1. The second kappa shape index (κ2) is 7.84.